The SMILES string of the molecule is Cc1cc(C(C)(C)C)cc(C)c1CCNC(=O)Cn1ccc(=O)[nH]c1=O. The first-order chi connectivity index (χ1) is 12.1. The normalized spacial score (nSPS) is 11.4. The van der Waals surface area contributed by atoms with Gasteiger partial charge in [0.05, 0.1) is 0 Å². The standard InChI is InChI=1S/C20H27N3O3/c1-13-10-15(20(3,4)5)11-14(2)16(13)6-8-21-18(25)12-23-9-7-17(24)22-19(23)26/h7,9-11H,6,8,12H2,1-5H3,(H,21,25)(H,22,24,26). The maximum Gasteiger partial charge on any atom is 0.328 e. The molecule has 2 N–H and O–H groups in total. The van der Waals surface area contributed by atoms with Gasteiger partial charge in [-0.1, -0.05) is 32.9 Å². The van der Waals surface area contributed by atoms with Crippen molar-refractivity contribution in [2.24, 2.45) is 0 Å². The summed E-state index contributed by atoms with van der Waals surface area (Å²) in [5.74, 6) is -0.263. The first-order valence-corrected chi connectivity index (χ1v) is 8.75. The van der Waals surface area contributed by atoms with E-state index in [1.807, 2.05) is 0 Å². The largest absolute Gasteiger partial charge is 0.354 e. The summed E-state index contributed by atoms with van der Waals surface area (Å²) in [5.41, 5.74) is 4.03. The lowest BCUT2D eigenvalue weighted by Crippen LogP contribution is -2.36. The number of amides is 1. The molecule has 0 bridgehead atoms. The van der Waals surface area contributed by atoms with Crippen LogP contribution in [0.3, 0.4) is 0 Å². The third-order valence-electron chi connectivity index (χ3n) is 4.47. The molecule has 0 atom stereocenters. The number of H-pyrrole nitrogens is 1. The molecule has 1 aromatic carbocycles. The lowest BCUT2D eigenvalue weighted by molar-refractivity contribution is -0.121. The van der Waals surface area contributed by atoms with Crippen LogP contribution in [-0.4, -0.2) is 22.0 Å². The molecular formula is C20H27N3O3. The summed E-state index contributed by atoms with van der Waals surface area (Å²) in [6.45, 7) is 11.2. The van der Waals surface area contributed by atoms with Crippen molar-refractivity contribution in [2.75, 3.05) is 6.54 Å². The van der Waals surface area contributed by atoms with Crippen LogP contribution in [0.15, 0.2) is 34.0 Å². The average molecular weight is 357 g/mol. The Balaban J connectivity index is 1.98. The number of hydrogen-bond acceptors (Lipinski definition) is 3. The second-order valence-corrected chi connectivity index (χ2v) is 7.68. The Hall–Kier alpha value is -2.63. The number of carbonyl (C=O) groups excluding carboxylic acids is 1. The number of nitrogens with zero attached hydrogens (tertiary/aromatic N) is 1. The van der Waals surface area contributed by atoms with Gasteiger partial charge in [0.15, 0.2) is 0 Å². The number of aryl methyl sites for hydroxylation is 2. The summed E-state index contributed by atoms with van der Waals surface area (Å²) in [7, 11) is 0. The monoisotopic (exact) mass is 357 g/mol. The van der Waals surface area contributed by atoms with E-state index in [1.54, 1.807) is 0 Å². The zero-order valence-electron chi connectivity index (χ0n) is 16.1. The first-order valence-electron chi connectivity index (χ1n) is 8.75. The lowest BCUT2D eigenvalue weighted by Gasteiger charge is -2.22. The van der Waals surface area contributed by atoms with Gasteiger partial charge in [-0.05, 0) is 47.9 Å². The fraction of sp³-hybridized carbons (Fsp3) is 0.450. The van der Waals surface area contributed by atoms with Crippen LogP contribution >= 0.6 is 0 Å². The van der Waals surface area contributed by atoms with Gasteiger partial charge in [0.1, 0.15) is 6.54 Å². The highest BCUT2D eigenvalue weighted by molar-refractivity contribution is 5.75. The average Bonchev–Trinajstić information content (AvgIpc) is 2.51. The van der Waals surface area contributed by atoms with Crippen molar-refractivity contribution in [3.8, 4) is 0 Å². The van der Waals surface area contributed by atoms with E-state index in [1.165, 1.54) is 39.1 Å². The molecule has 0 unspecified atom stereocenters. The number of rotatable bonds is 5. The Morgan fingerprint density at radius 3 is 2.31 bits per heavy atom. The highest BCUT2D eigenvalue weighted by Gasteiger charge is 2.16. The summed E-state index contributed by atoms with van der Waals surface area (Å²) >= 11 is 0. The number of carbonyl (C=O) groups is 1. The van der Waals surface area contributed by atoms with E-state index in [4.69, 9.17) is 0 Å². The number of hydrogen-bond donors (Lipinski definition) is 2. The molecule has 0 fully saturated rings. The molecule has 0 radical (unpaired) electrons. The first kappa shape index (κ1) is 19.7. The minimum atomic E-state index is -0.586. The van der Waals surface area contributed by atoms with Crippen molar-refractivity contribution in [1.29, 1.82) is 0 Å². The molecule has 0 saturated carbocycles. The van der Waals surface area contributed by atoms with Gasteiger partial charge < -0.3 is 5.32 Å². The molecular weight excluding hydrogens is 330 g/mol. The molecule has 0 aliphatic rings. The van der Waals surface area contributed by atoms with E-state index in [9.17, 15) is 14.4 Å². The summed E-state index contributed by atoms with van der Waals surface area (Å²) in [6, 6.07) is 5.65. The molecule has 0 aliphatic heterocycles. The molecule has 26 heavy (non-hydrogen) atoms. The summed E-state index contributed by atoms with van der Waals surface area (Å²) in [6.07, 6.45) is 2.05. The van der Waals surface area contributed by atoms with Crippen LogP contribution in [0.4, 0.5) is 0 Å². The highest BCUT2D eigenvalue weighted by Crippen LogP contribution is 2.27. The molecule has 2 rings (SSSR count). The topological polar surface area (TPSA) is 84.0 Å². The highest BCUT2D eigenvalue weighted by atomic mass is 16.2. The molecule has 0 spiro atoms. The second kappa shape index (κ2) is 7.72. The van der Waals surface area contributed by atoms with Gasteiger partial charge >= 0.3 is 5.69 Å². The fourth-order valence-corrected chi connectivity index (χ4v) is 2.93. The fourth-order valence-electron chi connectivity index (χ4n) is 2.93. The zero-order chi connectivity index (χ0) is 19.5. The van der Waals surface area contributed by atoms with Gasteiger partial charge in [-0.2, -0.15) is 0 Å². The van der Waals surface area contributed by atoms with Crippen LogP contribution in [0.1, 0.15) is 43.0 Å². The number of aromatic amines is 1. The number of aromatic nitrogens is 2. The number of nitrogens with one attached hydrogen (secondary N) is 2. The Kier molecular flexibility index (Phi) is 5.85. The molecule has 1 aromatic heterocycles. The van der Waals surface area contributed by atoms with Gasteiger partial charge in [0.25, 0.3) is 5.56 Å². The van der Waals surface area contributed by atoms with Crippen LogP contribution < -0.4 is 16.6 Å². The smallest absolute Gasteiger partial charge is 0.328 e. The van der Waals surface area contributed by atoms with Crippen LogP contribution in [0.5, 0.6) is 0 Å². The minimum absolute atomic E-state index is 0.103. The van der Waals surface area contributed by atoms with E-state index in [0.717, 1.165) is 6.42 Å². The third-order valence-corrected chi connectivity index (χ3v) is 4.47. The predicted molar refractivity (Wildman–Crippen MR) is 103 cm³/mol. The van der Waals surface area contributed by atoms with Gasteiger partial charge in [0, 0.05) is 18.8 Å². The van der Waals surface area contributed by atoms with Gasteiger partial charge in [0.2, 0.25) is 5.91 Å². The van der Waals surface area contributed by atoms with E-state index in [0.29, 0.717) is 6.54 Å². The number of benzene rings is 1. The Morgan fingerprint density at radius 1 is 1.15 bits per heavy atom. The molecule has 0 saturated heterocycles. The zero-order valence-corrected chi connectivity index (χ0v) is 16.1. The summed E-state index contributed by atoms with van der Waals surface area (Å²) in [5, 5.41) is 2.83. The Morgan fingerprint density at radius 2 is 1.77 bits per heavy atom. The van der Waals surface area contributed by atoms with E-state index < -0.39 is 11.2 Å². The molecule has 0 aliphatic carbocycles. The van der Waals surface area contributed by atoms with Crippen LogP contribution in [0.25, 0.3) is 0 Å². The molecule has 2 aromatic rings. The third kappa shape index (κ3) is 4.94. The maximum atomic E-state index is 12.0. The van der Waals surface area contributed by atoms with Gasteiger partial charge in [-0.15, -0.1) is 0 Å². The van der Waals surface area contributed by atoms with E-state index >= 15 is 0 Å². The van der Waals surface area contributed by atoms with Crippen LogP contribution in [0.2, 0.25) is 0 Å². The van der Waals surface area contributed by atoms with E-state index in [-0.39, 0.29) is 17.9 Å². The van der Waals surface area contributed by atoms with Crippen LogP contribution in [-0.2, 0) is 23.2 Å². The van der Waals surface area contributed by atoms with Crippen LogP contribution in [0, 0.1) is 13.8 Å². The van der Waals surface area contributed by atoms with Crippen molar-refractivity contribution in [1.82, 2.24) is 14.9 Å². The molecule has 140 valence electrons. The second-order valence-electron chi connectivity index (χ2n) is 7.68. The molecule has 1 heterocycles. The van der Waals surface area contributed by atoms with Gasteiger partial charge in [-0.25, -0.2) is 4.79 Å². The quantitative estimate of drug-likeness (QED) is 0.856. The van der Waals surface area contributed by atoms with E-state index in [2.05, 4.69) is 57.1 Å². The molecule has 6 heteroatoms. The Labute approximate surface area is 153 Å². The predicted octanol–water partition coefficient (Wildman–Crippen LogP) is 1.81. The van der Waals surface area contributed by atoms with Crippen molar-refractivity contribution < 1.29 is 4.79 Å². The van der Waals surface area contributed by atoms with Crippen molar-refractivity contribution in [3.63, 3.8) is 0 Å². The lowest BCUT2D eigenvalue weighted by atomic mass is 9.83. The summed E-state index contributed by atoms with van der Waals surface area (Å²) in [4.78, 5) is 36.8. The Bertz CT molecular complexity index is 894. The van der Waals surface area contributed by atoms with Gasteiger partial charge in [-0.3, -0.25) is 19.1 Å². The summed E-state index contributed by atoms with van der Waals surface area (Å²) < 4.78 is 1.17. The molecule has 1 amide bonds. The van der Waals surface area contributed by atoms with Crippen molar-refractivity contribution >= 4 is 5.91 Å². The van der Waals surface area contributed by atoms with Crippen molar-refractivity contribution in [2.45, 2.75) is 53.0 Å². The van der Waals surface area contributed by atoms with Crippen molar-refractivity contribution in [3.05, 3.63) is 67.5 Å². The molecule has 6 nitrogen and oxygen atoms in total. The maximum absolute atomic E-state index is 12.0. The minimum Gasteiger partial charge on any atom is -0.354 e.